The first-order chi connectivity index (χ1) is 15.0. The van der Waals surface area contributed by atoms with Crippen LogP contribution >= 0.6 is 11.3 Å². The monoisotopic (exact) mass is 426 g/mol. The number of carbonyl (C=O) groups excluding carboxylic acids is 1. The van der Waals surface area contributed by atoms with Crippen LogP contribution in [0.15, 0.2) is 71.2 Å². The zero-order valence-corrected chi connectivity index (χ0v) is 17.7. The van der Waals surface area contributed by atoms with E-state index in [0.717, 1.165) is 33.0 Å². The van der Waals surface area contributed by atoms with E-state index in [0.29, 0.717) is 16.1 Å². The molecule has 0 bridgehead atoms. The summed E-state index contributed by atoms with van der Waals surface area (Å²) in [5.74, 6) is 0.222. The number of benzene rings is 1. The maximum Gasteiger partial charge on any atom is 0.268 e. The summed E-state index contributed by atoms with van der Waals surface area (Å²) in [5, 5.41) is 7.60. The summed E-state index contributed by atoms with van der Waals surface area (Å²) in [6.45, 7) is 1.97. The smallest absolute Gasteiger partial charge is 0.268 e. The number of nitrogens with one attached hydrogen (secondary N) is 1. The van der Waals surface area contributed by atoms with E-state index in [-0.39, 0.29) is 11.5 Å². The highest BCUT2D eigenvalue weighted by Crippen LogP contribution is 2.31. The Morgan fingerprint density at radius 1 is 1.10 bits per heavy atom. The molecule has 0 fully saturated rings. The van der Waals surface area contributed by atoms with E-state index < -0.39 is 0 Å². The molecule has 0 aliphatic rings. The van der Waals surface area contributed by atoms with Crippen LogP contribution in [0.5, 0.6) is 0 Å². The van der Waals surface area contributed by atoms with Gasteiger partial charge in [0.1, 0.15) is 10.5 Å². The van der Waals surface area contributed by atoms with E-state index in [4.69, 9.17) is 4.98 Å². The third-order valence-electron chi connectivity index (χ3n) is 5.29. The highest BCUT2D eigenvalue weighted by molar-refractivity contribution is 7.17. The molecule has 0 saturated heterocycles. The average Bonchev–Trinajstić information content (AvgIpc) is 3.27. The van der Waals surface area contributed by atoms with Crippen molar-refractivity contribution in [2.24, 2.45) is 7.05 Å². The van der Waals surface area contributed by atoms with Gasteiger partial charge >= 0.3 is 0 Å². The molecule has 1 aromatic carbocycles. The van der Waals surface area contributed by atoms with Crippen molar-refractivity contribution in [2.75, 3.05) is 5.32 Å². The van der Waals surface area contributed by atoms with Crippen LogP contribution in [0.1, 0.15) is 15.9 Å². The van der Waals surface area contributed by atoms with E-state index in [9.17, 15) is 9.59 Å². The minimum Gasteiger partial charge on any atom is -0.317 e. The summed E-state index contributed by atoms with van der Waals surface area (Å²) in [6.07, 6.45) is 5.27. The van der Waals surface area contributed by atoms with Gasteiger partial charge in [-0.1, -0.05) is 12.1 Å². The van der Waals surface area contributed by atoms with Gasteiger partial charge in [-0.15, -0.1) is 11.3 Å². The fraction of sp³-hybridized carbons (Fsp3) is 0.0833. The van der Waals surface area contributed by atoms with E-state index >= 15 is 0 Å². The van der Waals surface area contributed by atoms with Crippen molar-refractivity contribution < 1.29 is 4.79 Å². The van der Waals surface area contributed by atoms with Crippen molar-refractivity contribution in [1.82, 2.24) is 14.5 Å². The molecule has 5 rings (SSSR count). The Bertz CT molecular complexity index is 1530. The molecule has 0 unspecified atom stereocenters. The van der Waals surface area contributed by atoms with Crippen molar-refractivity contribution in [3.8, 4) is 11.3 Å². The Labute approximate surface area is 181 Å². The topological polar surface area (TPSA) is 76.9 Å². The first-order valence-corrected chi connectivity index (χ1v) is 10.6. The molecule has 1 amide bonds. The first-order valence-electron chi connectivity index (χ1n) is 9.71. The average molecular weight is 427 g/mol. The number of carbonyl (C=O) groups is 1. The lowest BCUT2D eigenvalue weighted by molar-refractivity contribution is 0.102. The molecular formula is C24H18N4O2S. The highest BCUT2D eigenvalue weighted by Gasteiger charge is 2.15. The molecule has 0 radical (unpaired) electrons. The van der Waals surface area contributed by atoms with Crippen LogP contribution in [0.4, 0.5) is 5.82 Å². The van der Waals surface area contributed by atoms with Crippen LogP contribution in [0.3, 0.4) is 0 Å². The molecule has 0 atom stereocenters. The summed E-state index contributed by atoms with van der Waals surface area (Å²) in [4.78, 5) is 34.1. The number of thiophene rings is 1. The fourth-order valence-corrected chi connectivity index (χ4v) is 4.53. The number of rotatable bonds is 3. The van der Waals surface area contributed by atoms with Crippen LogP contribution in [0.25, 0.3) is 32.1 Å². The molecule has 0 spiro atoms. The van der Waals surface area contributed by atoms with Gasteiger partial charge in [0.15, 0.2) is 0 Å². The molecule has 152 valence electrons. The quantitative estimate of drug-likeness (QED) is 0.451. The summed E-state index contributed by atoms with van der Waals surface area (Å²) in [5.41, 5.74) is 3.08. The predicted molar refractivity (Wildman–Crippen MR) is 125 cm³/mol. The largest absolute Gasteiger partial charge is 0.317 e. The molecular weight excluding hydrogens is 408 g/mol. The first kappa shape index (κ1) is 19.1. The lowest BCUT2D eigenvalue weighted by atomic mass is 10.1. The predicted octanol–water partition coefficient (Wildman–Crippen LogP) is 4.77. The Kier molecular flexibility index (Phi) is 4.60. The summed E-state index contributed by atoms with van der Waals surface area (Å²) >= 11 is 1.42. The Morgan fingerprint density at radius 3 is 2.84 bits per heavy atom. The number of nitrogens with zero attached hydrogens (tertiary/aromatic N) is 3. The summed E-state index contributed by atoms with van der Waals surface area (Å²) in [6, 6.07) is 13.0. The number of pyridine rings is 3. The Hall–Kier alpha value is -3.84. The normalized spacial score (nSPS) is 11.2. The molecule has 31 heavy (non-hydrogen) atoms. The standard InChI is InChI=1S/C24H18N4O2S/c1-14-3-6-20(27-23(29)16-4-5-17-12-25-9-7-15(17)11-16)26-21(14)19-13-28(2)24(30)22-18(19)8-10-31-22/h3-13H,1-2H3,(H,26,27,29). The molecule has 0 aliphatic heterocycles. The molecule has 6 nitrogen and oxygen atoms in total. The van der Waals surface area contributed by atoms with Gasteiger partial charge in [-0.3, -0.25) is 14.6 Å². The summed E-state index contributed by atoms with van der Waals surface area (Å²) < 4.78 is 2.27. The van der Waals surface area contributed by atoms with E-state index in [1.165, 1.54) is 11.3 Å². The van der Waals surface area contributed by atoms with Gasteiger partial charge in [-0.25, -0.2) is 4.98 Å². The second-order valence-electron chi connectivity index (χ2n) is 7.38. The third-order valence-corrected chi connectivity index (χ3v) is 6.19. The van der Waals surface area contributed by atoms with Gasteiger partial charge in [-0.2, -0.15) is 0 Å². The van der Waals surface area contributed by atoms with Crippen LogP contribution in [-0.4, -0.2) is 20.4 Å². The molecule has 1 N–H and O–H groups in total. The van der Waals surface area contributed by atoms with Gasteiger partial charge in [0.25, 0.3) is 11.5 Å². The van der Waals surface area contributed by atoms with Crippen molar-refractivity contribution in [1.29, 1.82) is 0 Å². The van der Waals surface area contributed by atoms with Crippen molar-refractivity contribution in [3.05, 3.63) is 87.9 Å². The second-order valence-corrected chi connectivity index (χ2v) is 8.29. The van der Waals surface area contributed by atoms with Gasteiger partial charge < -0.3 is 9.88 Å². The van der Waals surface area contributed by atoms with Crippen molar-refractivity contribution in [3.63, 3.8) is 0 Å². The van der Waals surface area contributed by atoms with E-state index in [1.807, 2.05) is 42.6 Å². The molecule has 4 aromatic heterocycles. The number of fused-ring (bicyclic) bond motifs is 2. The van der Waals surface area contributed by atoms with Gasteiger partial charge in [0.05, 0.1) is 5.69 Å². The second kappa shape index (κ2) is 7.45. The van der Waals surface area contributed by atoms with Crippen molar-refractivity contribution >= 4 is 43.9 Å². The number of aromatic nitrogens is 3. The number of aryl methyl sites for hydroxylation is 2. The Balaban J connectivity index is 1.53. The number of hydrogen-bond acceptors (Lipinski definition) is 5. The molecule has 7 heteroatoms. The Morgan fingerprint density at radius 2 is 1.97 bits per heavy atom. The third kappa shape index (κ3) is 3.39. The van der Waals surface area contributed by atoms with Crippen LogP contribution in [-0.2, 0) is 7.05 Å². The van der Waals surface area contributed by atoms with E-state index in [2.05, 4.69) is 10.3 Å². The lowest BCUT2D eigenvalue weighted by Gasteiger charge is -2.12. The van der Waals surface area contributed by atoms with Crippen LogP contribution in [0, 0.1) is 6.92 Å². The molecule has 0 saturated carbocycles. The van der Waals surface area contributed by atoms with Gasteiger partial charge in [0.2, 0.25) is 0 Å². The van der Waals surface area contributed by atoms with E-state index in [1.54, 1.807) is 42.3 Å². The van der Waals surface area contributed by atoms with Crippen molar-refractivity contribution in [2.45, 2.75) is 6.92 Å². The fourth-order valence-electron chi connectivity index (χ4n) is 3.64. The zero-order valence-electron chi connectivity index (χ0n) is 16.9. The minimum atomic E-state index is -0.234. The summed E-state index contributed by atoms with van der Waals surface area (Å²) in [7, 11) is 1.74. The maximum absolute atomic E-state index is 12.8. The van der Waals surface area contributed by atoms with Crippen LogP contribution < -0.4 is 10.9 Å². The maximum atomic E-state index is 12.8. The molecule has 4 heterocycles. The molecule has 0 aliphatic carbocycles. The number of anilines is 1. The molecule has 5 aromatic rings. The lowest BCUT2D eigenvalue weighted by Crippen LogP contribution is -2.16. The highest BCUT2D eigenvalue weighted by atomic mass is 32.1. The number of amides is 1. The van der Waals surface area contributed by atoms with Crippen LogP contribution in [0.2, 0.25) is 0 Å². The van der Waals surface area contributed by atoms with Gasteiger partial charge in [0, 0.05) is 47.5 Å². The zero-order chi connectivity index (χ0) is 21.5. The number of hydrogen-bond donors (Lipinski definition) is 1. The minimum absolute atomic E-state index is 0.0256. The van der Waals surface area contributed by atoms with Gasteiger partial charge in [-0.05, 0) is 53.6 Å². The SMILES string of the molecule is Cc1ccc(NC(=O)c2ccc3cnccc3c2)nc1-c1cn(C)c(=O)c2sccc12.